The summed E-state index contributed by atoms with van der Waals surface area (Å²) in [6.07, 6.45) is 0.916. The summed E-state index contributed by atoms with van der Waals surface area (Å²) in [5.74, 6) is 1.26. The first-order chi connectivity index (χ1) is 14.6. The number of rotatable bonds is 6. The van der Waals surface area contributed by atoms with Gasteiger partial charge in [-0.05, 0) is 17.7 Å². The zero-order valence-corrected chi connectivity index (χ0v) is 17.2. The van der Waals surface area contributed by atoms with Gasteiger partial charge in [-0.2, -0.15) is 0 Å². The number of aldehydes is 1. The van der Waals surface area contributed by atoms with E-state index in [4.69, 9.17) is 9.47 Å². The standard InChI is InChI=1S/C24H20O5S/c1-28-21-8-4-3-7-19(21)23-20(14-25)18-6-2-5-9-22(18)29-24(23)17-12-10-16(11-13-17)15-30(26)27/h2-14,20,30H,15H2,1H3. The van der Waals surface area contributed by atoms with Gasteiger partial charge in [-0.1, -0.05) is 60.7 Å². The molecule has 0 amide bonds. The highest BCUT2D eigenvalue weighted by Crippen LogP contribution is 2.47. The van der Waals surface area contributed by atoms with Crippen molar-refractivity contribution in [1.29, 1.82) is 0 Å². The molecule has 1 aliphatic rings. The molecule has 3 aromatic rings. The summed E-state index contributed by atoms with van der Waals surface area (Å²) in [5.41, 5.74) is 3.72. The molecule has 30 heavy (non-hydrogen) atoms. The lowest BCUT2D eigenvalue weighted by Gasteiger charge is -2.29. The summed E-state index contributed by atoms with van der Waals surface area (Å²) in [5, 5.41) is 0. The lowest BCUT2D eigenvalue weighted by Crippen LogP contribution is -2.16. The van der Waals surface area contributed by atoms with Crippen molar-refractivity contribution in [2.24, 2.45) is 0 Å². The van der Waals surface area contributed by atoms with Crippen molar-refractivity contribution in [3.8, 4) is 11.5 Å². The van der Waals surface area contributed by atoms with Gasteiger partial charge < -0.3 is 14.3 Å². The van der Waals surface area contributed by atoms with E-state index in [1.807, 2.05) is 60.7 Å². The Labute approximate surface area is 176 Å². The van der Waals surface area contributed by atoms with Gasteiger partial charge in [0.2, 0.25) is 0 Å². The molecule has 1 unspecified atom stereocenters. The van der Waals surface area contributed by atoms with Gasteiger partial charge in [-0.3, -0.25) is 0 Å². The molecule has 0 aromatic heterocycles. The average Bonchev–Trinajstić information content (AvgIpc) is 2.78. The van der Waals surface area contributed by atoms with Crippen molar-refractivity contribution in [2.45, 2.75) is 11.7 Å². The summed E-state index contributed by atoms with van der Waals surface area (Å²) in [7, 11) is -0.914. The van der Waals surface area contributed by atoms with Crippen LogP contribution < -0.4 is 9.47 Å². The first kappa shape index (κ1) is 19.9. The van der Waals surface area contributed by atoms with Gasteiger partial charge in [0.15, 0.2) is 0 Å². The van der Waals surface area contributed by atoms with Gasteiger partial charge in [-0.15, -0.1) is 0 Å². The Morgan fingerprint density at radius 2 is 1.67 bits per heavy atom. The van der Waals surface area contributed by atoms with Crippen molar-refractivity contribution in [1.82, 2.24) is 0 Å². The number of hydrogen-bond donors (Lipinski definition) is 1. The number of methoxy groups -OCH3 is 1. The summed E-state index contributed by atoms with van der Waals surface area (Å²) < 4.78 is 33.9. The van der Waals surface area contributed by atoms with Crippen LogP contribution in [0, 0.1) is 0 Å². The normalized spacial score (nSPS) is 15.5. The van der Waals surface area contributed by atoms with Gasteiger partial charge in [0.25, 0.3) is 0 Å². The molecule has 1 atom stereocenters. The summed E-state index contributed by atoms with van der Waals surface area (Å²) in [6, 6.07) is 22.1. The van der Waals surface area contributed by atoms with Crippen molar-refractivity contribution >= 4 is 28.3 Å². The van der Waals surface area contributed by atoms with Crippen LogP contribution in [0.3, 0.4) is 0 Å². The first-order valence-corrected chi connectivity index (χ1v) is 10.8. The molecule has 0 bridgehead atoms. The Morgan fingerprint density at radius 1 is 0.967 bits per heavy atom. The van der Waals surface area contributed by atoms with Crippen LogP contribution in [-0.2, 0) is 21.3 Å². The van der Waals surface area contributed by atoms with Crippen LogP contribution in [0.5, 0.6) is 11.5 Å². The van der Waals surface area contributed by atoms with Crippen molar-refractivity contribution in [3.63, 3.8) is 0 Å². The third-order valence-electron chi connectivity index (χ3n) is 5.08. The topological polar surface area (TPSA) is 69.7 Å². The number of allylic oxidation sites excluding steroid dienone is 1. The van der Waals surface area contributed by atoms with Crippen LogP contribution in [-0.4, -0.2) is 21.8 Å². The second kappa shape index (κ2) is 8.55. The Morgan fingerprint density at radius 3 is 2.37 bits per heavy atom. The van der Waals surface area contributed by atoms with E-state index in [-0.39, 0.29) is 5.75 Å². The van der Waals surface area contributed by atoms with Crippen LogP contribution in [0.15, 0.2) is 72.8 Å². The van der Waals surface area contributed by atoms with Crippen LogP contribution >= 0.6 is 0 Å². The smallest absolute Gasteiger partial charge is 0.144 e. The summed E-state index contributed by atoms with van der Waals surface area (Å²) in [4.78, 5) is 12.3. The van der Waals surface area contributed by atoms with E-state index in [9.17, 15) is 13.2 Å². The van der Waals surface area contributed by atoms with Gasteiger partial charge in [0.05, 0.1) is 18.8 Å². The number of ether oxygens (including phenoxy) is 2. The number of fused-ring (bicyclic) bond motifs is 1. The highest BCUT2D eigenvalue weighted by atomic mass is 32.2. The second-order valence-electron chi connectivity index (χ2n) is 6.88. The van der Waals surface area contributed by atoms with Crippen LogP contribution in [0.2, 0.25) is 0 Å². The largest absolute Gasteiger partial charge is 0.496 e. The molecule has 152 valence electrons. The van der Waals surface area contributed by atoms with E-state index in [0.29, 0.717) is 28.4 Å². The molecule has 6 heteroatoms. The van der Waals surface area contributed by atoms with E-state index in [1.54, 1.807) is 19.2 Å². The third-order valence-corrected chi connectivity index (χ3v) is 5.71. The van der Waals surface area contributed by atoms with E-state index < -0.39 is 16.6 Å². The van der Waals surface area contributed by atoms with Crippen LogP contribution in [0.4, 0.5) is 0 Å². The molecule has 5 nitrogen and oxygen atoms in total. The molecular weight excluding hydrogens is 400 g/mol. The molecule has 0 spiro atoms. The van der Waals surface area contributed by atoms with Crippen LogP contribution in [0.1, 0.15) is 28.2 Å². The van der Waals surface area contributed by atoms with Gasteiger partial charge in [-0.25, -0.2) is 8.42 Å². The lowest BCUT2D eigenvalue weighted by atomic mass is 9.83. The molecular formula is C24H20O5S. The predicted molar refractivity (Wildman–Crippen MR) is 116 cm³/mol. The average molecular weight is 420 g/mol. The zero-order chi connectivity index (χ0) is 21.1. The first-order valence-electron chi connectivity index (χ1n) is 9.43. The number of hydrogen-bond acceptors (Lipinski definition) is 5. The number of carbonyl (C=O) groups excluding carboxylic acids is 1. The quantitative estimate of drug-likeness (QED) is 0.481. The van der Waals surface area contributed by atoms with Gasteiger partial charge in [0.1, 0.15) is 34.2 Å². The SMILES string of the molecule is COc1ccccc1C1=C(c2ccc(C[SH](=O)=O)cc2)Oc2ccccc2C1C=O. The number of thiol groups is 1. The fourth-order valence-corrected chi connectivity index (χ4v) is 4.22. The maximum atomic E-state index is 12.3. The Bertz CT molecular complexity index is 1180. The Balaban J connectivity index is 1.94. The number of benzene rings is 3. The molecule has 0 radical (unpaired) electrons. The fraction of sp³-hybridized carbons (Fsp3) is 0.125. The van der Waals surface area contributed by atoms with E-state index >= 15 is 0 Å². The van der Waals surface area contributed by atoms with E-state index in [0.717, 1.165) is 23.0 Å². The van der Waals surface area contributed by atoms with Crippen molar-refractivity contribution < 1.29 is 22.7 Å². The minimum Gasteiger partial charge on any atom is -0.496 e. The number of para-hydroxylation sites is 2. The summed E-state index contributed by atoms with van der Waals surface area (Å²) in [6.45, 7) is 0. The maximum Gasteiger partial charge on any atom is 0.144 e. The molecule has 0 aliphatic carbocycles. The highest BCUT2D eigenvalue weighted by molar-refractivity contribution is 7.71. The van der Waals surface area contributed by atoms with Gasteiger partial charge in [0, 0.05) is 22.3 Å². The lowest BCUT2D eigenvalue weighted by molar-refractivity contribution is -0.108. The minimum atomic E-state index is -2.50. The predicted octanol–water partition coefficient (Wildman–Crippen LogP) is 4.05. The molecule has 1 heterocycles. The fourth-order valence-electron chi connectivity index (χ4n) is 3.72. The zero-order valence-electron chi connectivity index (χ0n) is 16.3. The maximum absolute atomic E-state index is 12.3. The van der Waals surface area contributed by atoms with E-state index in [2.05, 4.69) is 0 Å². The van der Waals surface area contributed by atoms with E-state index in [1.165, 1.54) is 0 Å². The summed E-state index contributed by atoms with van der Waals surface area (Å²) >= 11 is 0. The molecule has 0 fully saturated rings. The Hall–Kier alpha value is -3.38. The highest BCUT2D eigenvalue weighted by Gasteiger charge is 2.32. The molecule has 0 saturated heterocycles. The Kier molecular flexibility index (Phi) is 5.68. The minimum absolute atomic E-state index is 0.0192. The molecule has 3 aromatic carbocycles. The van der Waals surface area contributed by atoms with Crippen molar-refractivity contribution in [2.75, 3.05) is 7.11 Å². The number of carbonyl (C=O) groups is 1. The van der Waals surface area contributed by atoms with Crippen molar-refractivity contribution in [3.05, 3.63) is 95.1 Å². The van der Waals surface area contributed by atoms with Gasteiger partial charge >= 0.3 is 0 Å². The molecule has 4 rings (SSSR count). The monoisotopic (exact) mass is 420 g/mol. The van der Waals surface area contributed by atoms with Crippen LogP contribution in [0.25, 0.3) is 11.3 Å². The molecule has 0 N–H and O–H groups in total. The molecule has 1 aliphatic heterocycles. The molecule has 0 saturated carbocycles. The third kappa shape index (κ3) is 3.74. The second-order valence-corrected chi connectivity index (χ2v) is 7.87.